The van der Waals surface area contributed by atoms with Gasteiger partial charge in [0.15, 0.2) is 0 Å². The van der Waals surface area contributed by atoms with Crippen LogP contribution in [-0.2, 0) is 9.84 Å². The van der Waals surface area contributed by atoms with Gasteiger partial charge in [-0.05, 0) is 0 Å². The molecule has 0 bridgehead atoms. The third-order valence-corrected chi connectivity index (χ3v) is 25.2. The van der Waals surface area contributed by atoms with E-state index in [2.05, 4.69) is 51.6 Å². The molecule has 0 saturated carbocycles. The van der Waals surface area contributed by atoms with Crippen LogP contribution in [0, 0.1) is 6.92 Å². The molecule has 2 aromatic rings. The minimum atomic E-state index is -3.62. The van der Waals surface area contributed by atoms with Gasteiger partial charge in [-0.3, -0.25) is 0 Å². The summed E-state index contributed by atoms with van der Waals surface area (Å²) in [6.45, 7) is 12.8. The predicted octanol–water partition coefficient (Wildman–Crippen LogP) is 9.14. The number of unbranched alkanes of at least 4 members (excludes halogenated alkanes) is 3. The molecule has 2 nitrogen and oxygen atoms in total. The van der Waals surface area contributed by atoms with E-state index in [0.29, 0.717) is 16.2 Å². The summed E-state index contributed by atoms with van der Waals surface area (Å²) in [5.41, 5.74) is 2.20. The van der Waals surface area contributed by atoms with Gasteiger partial charge in [-0.15, -0.1) is 0 Å². The van der Waals surface area contributed by atoms with E-state index in [-0.39, 0.29) is 0 Å². The van der Waals surface area contributed by atoms with E-state index in [0.717, 1.165) is 30.4 Å². The summed E-state index contributed by atoms with van der Waals surface area (Å²) in [4.78, 5) is 1.03. The van der Waals surface area contributed by atoms with E-state index in [1.807, 2.05) is 25.1 Å². The Labute approximate surface area is 213 Å². The van der Waals surface area contributed by atoms with E-state index in [1.165, 1.54) is 36.2 Å². The molecule has 0 amide bonds. The average molecular weight is 587 g/mol. The van der Waals surface area contributed by atoms with Crippen LogP contribution in [0.3, 0.4) is 0 Å². The van der Waals surface area contributed by atoms with Gasteiger partial charge >= 0.3 is 214 Å². The van der Waals surface area contributed by atoms with Crippen molar-refractivity contribution in [1.29, 1.82) is 0 Å². The van der Waals surface area contributed by atoms with Gasteiger partial charge < -0.3 is 0 Å². The fraction of sp³-hybridized carbons (Fsp3) is 0.467. The average Bonchev–Trinajstić information content (AvgIpc) is 2.85. The van der Waals surface area contributed by atoms with Crippen LogP contribution >= 0.6 is 0 Å². The molecule has 186 valence electrons. The molecule has 0 spiro atoms. The molecule has 0 atom stereocenters. The fourth-order valence-corrected chi connectivity index (χ4v) is 26.4. The van der Waals surface area contributed by atoms with Crippen molar-refractivity contribution in [2.45, 2.75) is 90.8 Å². The third kappa shape index (κ3) is 7.33. The second-order valence-electron chi connectivity index (χ2n) is 9.56. The van der Waals surface area contributed by atoms with E-state index >= 15 is 0 Å². The van der Waals surface area contributed by atoms with Crippen LogP contribution < -0.4 is 0 Å². The number of aryl methyl sites for hydroxylation is 1. The van der Waals surface area contributed by atoms with Crippen molar-refractivity contribution in [3.63, 3.8) is 0 Å². The normalized spacial score (nSPS) is 12.9. The maximum absolute atomic E-state index is 14.2. The van der Waals surface area contributed by atoms with Crippen LogP contribution in [0.5, 0.6) is 0 Å². The maximum atomic E-state index is 14.2. The Morgan fingerprint density at radius 3 is 1.76 bits per heavy atom. The van der Waals surface area contributed by atoms with Crippen molar-refractivity contribution >= 4 is 31.8 Å². The van der Waals surface area contributed by atoms with Crippen LogP contribution in [-0.4, -0.2) is 26.8 Å². The Hall–Kier alpha value is -1.33. The summed E-state index contributed by atoms with van der Waals surface area (Å²) < 4.78 is 33.4. The van der Waals surface area contributed by atoms with Crippen molar-refractivity contribution in [2.75, 3.05) is 0 Å². The number of allylic oxidation sites excluding steroid dienone is 2. The molecule has 0 fully saturated rings. The Balaban J connectivity index is 2.94. The molecule has 0 N–H and O–H groups in total. The van der Waals surface area contributed by atoms with Crippen LogP contribution in [0.2, 0.25) is 13.3 Å². The van der Waals surface area contributed by atoms with E-state index in [4.69, 9.17) is 0 Å². The molecule has 0 saturated heterocycles. The zero-order chi connectivity index (χ0) is 25.0. The molecule has 4 heteroatoms. The van der Waals surface area contributed by atoms with Crippen molar-refractivity contribution in [3.8, 4) is 0 Å². The van der Waals surface area contributed by atoms with E-state index in [1.54, 1.807) is 18.2 Å². The van der Waals surface area contributed by atoms with Gasteiger partial charge in [0.1, 0.15) is 0 Å². The molecule has 2 aromatic carbocycles. The summed E-state index contributed by atoms with van der Waals surface area (Å²) in [5.74, 6) is 0. The van der Waals surface area contributed by atoms with Crippen molar-refractivity contribution in [1.82, 2.24) is 0 Å². The summed E-state index contributed by atoms with van der Waals surface area (Å²) in [6.07, 6.45) is 9.20. The number of hydrogen-bond donors (Lipinski definition) is 0. The van der Waals surface area contributed by atoms with Gasteiger partial charge in [-0.2, -0.15) is 0 Å². The first-order valence-corrected chi connectivity index (χ1v) is 22.0. The molecule has 0 aliphatic rings. The van der Waals surface area contributed by atoms with Gasteiger partial charge in [-0.1, -0.05) is 0 Å². The summed E-state index contributed by atoms with van der Waals surface area (Å²) in [7, 11) is -3.62. The van der Waals surface area contributed by atoms with Gasteiger partial charge in [0.25, 0.3) is 0 Å². The molecule has 2 rings (SSSR count). The second kappa shape index (κ2) is 14.3. The van der Waals surface area contributed by atoms with Crippen molar-refractivity contribution in [3.05, 3.63) is 83.3 Å². The summed E-state index contributed by atoms with van der Waals surface area (Å²) in [5, 5.41) is 0. The Kier molecular flexibility index (Phi) is 12.1. The first-order chi connectivity index (χ1) is 16.4. The number of benzene rings is 2. The third-order valence-electron chi connectivity index (χ3n) is 6.88. The zero-order valence-electron chi connectivity index (χ0n) is 21.8. The number of sulfone groups is 1. The quantitative estimate of drug-likeness (QED) is 0.154. The van der Waals surface area contributed by atoms with Crippen LogP contribution in [0.25, 0.3) is 3.59 Å². The monoisotopic (exact) mass is 588 g/mol. The first-order valence-electron chi connectivity index (χ1n) is 13.1. The molecular weight excluding hydrogens is 543 g/mol. The zero-order valence-corrected chi connectivity index (χ0v) is 25.4. The van der Waals surface area contributed by atoms with Gasteiger partial charge in [0.2, 0.25) is 0 Å². The molecule has 0 aromatic heterocycles. The summed E-state index contributed by atoms with van der Waals surface area (Å²) >= 11 is -3.13. The Bertz CT molecular complexity index is 999. The van der Waals surface area contributed by atoms with Gasteiger partial charge in [0, 0.05) is 0 Å². The minimum absolute atomic E-state index is 0.392. The predicted molar refractivity (Wildman–Crippen MR) is 151 cm³/mol. The molecule has 0 unspecified atom stereocenters. The van der Waals surface area contributed by atoms with E-state index in [9.17, 15) is 8.42 Å². The molecule has 0 aliphatic heterocycles. The van der Waals surface area contributed by atoms with Crippen LogP contribution in [0.4, 0.5) is 0 Å². The van der Waals surface area contributed by atoms with E-state index < -0.39 is 28.2 Å². The van der Waals surface area contributed by atoms with Crippen LogP contribution in [0.15, 0.2) is 77.1 Å². The Morgan fingerprint density at radius 1 is 0.824 bits per heavy atom. The fourth-order valence-electron chi connectivity index (χ4n) is 5.00. The molecule has 34 heavy (non-hydrogen) atoms. The summed E-state index contributed by atoms with van der Waals surface area (Å²) in [6, 6.07) is 17.8. The first kappa shape index (κ1) is 28.9. The molecule has 0 radical (unpaired) electrons. The second-order valence-corrected chi connectivity index (χ2v) is 24.6. The Morgan fingerprint density at radius 2 is 1.32 bits per heavy atom. The number of rotatable bonds is 15. The standard InChI is InChI=1S/C18H17O2S.3C4H9.Sn/c1-3-7-18(14-16-8-5-4-6-9-16)21(19,20)17-12-10-15(2)11-13-17;3*1-3-4-2;/h3-6,8-13H,1,7H2,2H3;3*1,3-4H2,2H3;. The molecule has 0 aliphatic carbocycles. The van der Waals surface area contributed by atoms with Crippen molar-refractivity contribution < 1.29 is 8.42 Å². The topological polar surface area (TPSA) is 34.1 Å². The number of hydrogen-bond acceptors (Lipinski definition) is 2. The van der Waals surface area contributed by atoms with Gasteiger partial charge in [0.05, 0.1) is 0 Å². The van der Waals surface area contributed by atoms with Crippen LogP contribution in [0.1, 0.15) is 76.8 Å². The van der Waals surface area contributed by atoms with Gasteiger partial charge in [-0.25, -0.2) is 0 Å². The van der Waals surface area contributed by atoms with Crippen molar-refractivity contribution in [2.24, 2.45) is 0 Å². The molecular formula is C30H44O2SSn. The SMILES string of the molecule is C=CC/C(=[C](/c1ccccc1)[Sn]([CH2]CCC)([CH2]CCC)[CH2]CCC)S(=O)(=O)c1ccc(C)cc1. The molecule has 0 heterocycles.